The summed E-state index contributed by atoms with van der Waals surface area (Å²) in [7, 11) is 0. The van der Waals surface area contributed by atoms with Crippen LogP contribution in [0.5, 0.6) is 0 Å². The second-order valence-electron chi connectivity index (χ2n) is 6.28. The number of hydrogen-bond acceptors (Lipinski definition) is 4. The van der Waals surface area contributed by atoms with Crippen molar-refractivity contribution in [1.82, 2.24) is 4.31 Å². The largest absolute Gasteiger partial charge is 0.460 e. The number of halogens is 1. The summed E-state index contributed by atoms with van der Waals surface area (Å²) < 4.78 is 8.89. The first-order valence-corrected chi connectivity index (χ1v) is 8.81. The van der Waals surface area contributed by atoms with Gasteiger partial charge in [0.1, 0.15) is 5.60 Å². The Morgan fingerprint density at radius 1 is 1.24 bits per heavy atom. The number of piperidine rings is 1. The summed E-state index contributed by atoms with van der Waals surface area (Å²) in [6.45, 7) is 7.60. The number of carbonyl (C=O) groups excluding carboxylic acids is 1. The lowest BCUT2D eigenvalue weighted by molar-refractivity contribution is -0.161. The lowest BCUT2D eigenvalue weighted by Gasteiger charge is -2.31. The van der Waals surface area contributed by atoms with Gasteiger partial charge in [-0.2, -0.15) is 0 Å². The van der Waals surface area contributed by atoms with Crippen molar-refractivity contribution in [3.63, 3.8) is 0 Å². The smallest absolute Gasteiger partial charge is 0.309 e. The summed E-state index contributed by atoms with van der Waals surface area (Å²) in [5, 5.41) is 0. The Hall–Kier alpha value is -0.520. The quantitative estimate of drug-likeness (QED) is 0.577. The molecule has 0 saturated carbocycles. The molecule has 0 aliphatic carbocycles. The molecule has 116 valence electrons. The Morgan fingerprint density at radius 3 is 2.33 bits per heavy atom. The van der Waals surface area contributed by atoms with Gasteiger partial charge in [0, 0.05) is 22.5 Å². The summed E-state index contributed by atoms with van der Waals surface area (Å²) in [4.78, 5) is 13.3. The molecule has 0 amide bonds. The fourth-order valence-corrected chi connectivity index (χ4v) is 3.43. The van der Waals surface area contributed by atoms with Crippen molar-refractivity contribution in [2.24, 2.45) is 5.92 Å². The van der Waals surface area contributed by atoms with Gasteiger partial charge in [-0.1, -0.05) is 15.9 Å². The van der Waals surface area contributed by atoms with Gasteiger partial charge < -0.3 is 4.74 Å². The molecule has 1 fully saturated rings. The molecule has 1 aliphatic heterocycles. The minimum absolute atomic E-state index is 0.0456. The molecule has 2 rings (SSSR count). The molecule has 0 aromatic heterocycles. The molecule has 1 heterocycles. The molecule has 1 aliphatic rings. The van der Waals surface area contributed by atoms with E-state index in [1.165, 1.54) is 4.90 Å². The van der Waals surface area contributed by atoms with Gasteiger partial charge in [0.05, 0.1) is 5.92 Å². The third kappa shape index (κ3) is 5.64. The number of esters is 1. The van der Waals surface area contributed by atoms with E-state index in [1.807, 2.05) is 20.8 Å². The maximum absolute atomic E-state index is 12.1. The topological polar surface area (TPSA) is 29.5 Å². The molecule has 3 nitrogen and oxygen atoms in total. The van der Waals surface area contributed by atoms with Crippen LogP contribution >= 0.6 is 27.9 Å². The molecule has 0 unspecified atom stereocenters. The normalized spacial score (nSPS) is 17.7. The highest BCUT2D eigenvalue weighted by atomic mass is 79.9. The average molecular weight is 372 g/mol. The summed E-state index contributed by atoms with van der Waals surface area (Å²) >= 11 is 5.20. The van der Waals surface area contributed by atoms with Crippen LogP contribution in [-0.4, -0.2) is 29.0 Å². The molecule has 21 heavy (non-hydrogen) atoms. The van der Waals surface area contributed by atoms with Gasteiger partial charge in [0.25, 0.3) is 0 Å². The Morgan fingerprint density at radius 2 is 1.81 bits per heavy atom. The molecule has 0 N–H and O–H groups in total. The summed E-state index contributed by atoms with van der Waals surface area (Å²) in [5.41, 5.74) is -0.388. The molecule has 0 radical (unpaired) electrons. The van der Waals surface area contributed by atoms with Gasteiger partial charge in [-0.25, -0.2) is 4.31 Å². The number of carbonyl (C=O) groups is 1. The highest BCUT2D eigenvalue weighted by Gasteiger charge is 2.29. The summed E-state index contributed by atoms with van der Waals surface area (Å²) in [5.74, 6) is 0.00165. The van der Waals surface area contributed by atoms with Crippen LogP contribution in [0.1, 0.15) is 33.6 Å². The van der Waals surface area contributed by atoms with Gasteiger partial charge in [-0.15, -0.1) is 0 Å². The van der Waals surface area contributed by atoms with Gasteiger partial charge in [0.15, 0.2) is 0 Å². The van der Waals surface area contributed by atoms with E-state index in [4.69, 9.17) is 4.74 Å². The van der Waals surface area contributed by atoms with Crippen LogP contribution in [0.2, 0.25) is 0 Å². The Balaban J connectivity index is 1.80. The molecular formula is C16H22BrNO2S. The van der Waals surface area contributed by atoms with Crippen LogP contribution in [-0.2, 0) is 9.53 Å². The zero-order valence-electron chi connectivity index (χ0n) is 12.8. The fourth-order valence-electron chi connectivity index (χ4n) is 2.21. The molecule has 1 aromatic rings. The van der Waals surface area contributed by atoms with Crippen molar-refractivity contribution < 1.29 is 9.53 Å². The van der Waals surface area contributed by atoms with Gasteiger partial charge in [0.2, 0.25) is 0 Å². The second kappa shape index (κ2) is 7.16. The zero-order chi connectivity index (χ0) is 15.5. The SMILES string of the molecule is CC(C)(C)OC(=O)C1CCN(Sc2ccc(Br)cc2)CC1. The van der Waals surface area contributed by atoms with Gasteiger partial charge >= 0.3 is 5.97 Å². The van der Waals surface area contributed by atoms with E-state index in [0.717, 1.165) is 30.4 Å². The van der Waals surface area contributed by atoms with Crippen LogP contribution in [0.25, 0.3) is 0 Å². The van der Waals surface area contributed by atoms with Crippen molar-refractivity contribution in [2.45, 2.75) is 44.1 Å². The predicted molar refractivity (Wildman–Crippen MR) is 90.1 cm³/mol. The lowest BCUT2D eigenvalue weighted by atomic mass is 9.98. The lowest BCUT2D eigenvalue weighted by Crippen LogP contribution is -2.36. The number of nitrogens with zero attached hydrogens (tertiary/aromatic N) is 1. The standard InChI is InChI=1S/C16H22BrNO2S/c1-16(2,3)20-15(19)12-8-10-18(11-9-12)21-14-6-4-13(17)5-7-14/h4-7,12H,8-11H2,1-3H3. The maximum Gasteiger partial charge on any atom is 0.309 e. The number of hydrogen-bond donors (Lipinski definition) is 0. The van der Waals surface area contributed by atoms with E-state index in [0.29, 0.717) is 0 Å². The van der Waals surface area contributed by atoms with Crippen LogP contribution in [0, 0.1) is 5.92 Å². The number of benzene rings is 1. The Bertz CT molecular complexity index is 476. The molecule has 0 bridgehead atoms. The van der Waals surface area contributed by atoms with Crippen molar-refractivity contribution in [1.29, 1.82) is 0 Å². The molecule has 1 saturated heterocycles. The van der Waals surface area contributed by atoms with Crippen molar-refractivity contribution in [2.75, 3.05) is 13.1 Å². The van der Waals surface area contributed by atoms with E-state index in [2.05, 4.69) is 44.5 Å². The minimum Gasteiger partial charge on any atom is -0.460 e. The van der Waals surface area contributed by atoms with Gasteiger partial charge in [-0.05, 0) is 69.8 Å². The van der Waals surface area contributed by atoms with Crippen LogP contribution in [0.15, 0.2) is 33.6 Å². The highest BCUT2D eigenvalue weighted by molar-refractivity contribution is 9.10. The van der Waals surface area contributed by atoms with Crippen molar-refractivity contribution in [3.8, 4) is 0 Å². The molecule has 1 aromatic carbocycles. The van der Waals surface area contributed by atoms with Crippen LogP contribution in [0.3, 0.4) is 0 Å². The Kier molecular flexibility index (Phi) is 5.74. The third-order valence-corrected chi connectivity index (χ3v) is 4.88. The number of rotatable bonds is 3. The van der Waals surface area contributed by atoms with E-state index < -0.39 is 0 Å². The van der Waals surface area contributed by atoms with E-state index >= 15 is 0 Å². The van der Waals surface area contributed by atoms with E-state index in [1.54, 1.807) is 11.9 Å². The fraction of sp³-hybridized carbons (Fsp3) is 0.562. The summed E-state index contributed by atoms with van der Waals surface area (Å²) in [6.07, 6.45) is 1.75. The minimum atomic E-state index is -0.388. The number of ether oxygens (including phenoxy) is 1. The first-order chi connectivity index (χ1) is 9.83. The van der Waals surface area contributed by atoms with Crippen molar-refractivity contribution >= 4 is 33.8 Å². The van der Waals surface area contributed by atoms with E-state index in [9.17, 15) is 4.79 Å². The first-order valence-electron chi connectivity index (χ1n) is 7.25. The third-order valence-electron chi connectivity index (χ3n) is 3.24. The molecular weight excluding hydrogens is 350 g/mol. The summed E-state index contributed by atoms with van der Waals surface area (Å²) in [6, 6.07) is 8.31. The van der Waals surface area contributed by atoms with Crippen molar-refractivity contribution in [3.05, 3.63) is 28.7 Å². The average Bonchev–Trinajstić information content (AvgIpc) is 2.40. The predicted octanol–water partition coefficient (Wildman–Crippen LogP) is 4.51. The molecule has 0 atom stereocenters. The maximum atomic E-state index is 12.1. The highest BCUT2D eigenvalue weighted by Crippen LogP contribution is 2.30. The monoisotopic (exact) mass is 371 g/mol. The van der Waals surface area contributed by atoms with Gasteiger partial charge in [-0.3, -0.25) is 4.79 Å². The molecule has 5 heteroatoms. The Labute approximate surface area is 139 Å². The first kappa shape index (κ1) is 16.8. The van der Waals surface area contributed by atoms with Crippen LogP contribution in [0.4, 0.5) is 0 Å². The second-order valence-corrected chi connectivity index (χ2v) is 8.37. The van der Waals surface area contributed by atoms with E-state index in [-0.39, 0.29) is 17.5 Å². The van der Waals surface area contributed by atoms with Crippen LogP contribution < -0.4 is 0 Å². The molecule has 0 spiro atoms. The zero-order valence-corrected chi connectivity index (χ0v) is 15.2.